The van der Waals surface area contributed by atoms with E-state index in [1.165, 1.54) is 11.3 Å². The molecule has 0 fully saturated rings. The minimum Gasteiger partial charge on any atom is -0.484 e. The first-order valence-corrected chi connectivity index (χ1v) is 11.2. The van der Waals surface area contributed by atoms with Crippen LogP contribution < -0.4 is 15.8 Å². The molecule has 0 aliphatic carbocycles. The molecule has 0 aliphatic heterocycles. The predicted octanol–water partition coefficient (Wildman–Crippen LogP) is 5.06. The van der Waals surface area contributed by atoms with Gasteiger partial charge >= 0.3 is 0 Å². The summed E-state index contributed by atoms with van der Waals surface area (Å²) in [6.07, 6.45) is 3.35. The number of ether oxygens (including phenoxy) is 1. The van der Waals surface area contributed by atoms with Gasteiger partial charge in [-0.2, -0.15) is 0 Å². The second-order valence-corrected chi connectivity index (χ2v) is 8.60. The summed E-state index contributed by atoms with van der Waals surface area (Å²) in [6, 6.07) is 13.5. The molecule has 1 atom stereocenters. The van der Waals surface area contributed by atoms with Crippen molar-refractivity contribution in [3.63, 3.8) is 0 Å². The van der Waals surface area contributed by atoms with Gasteiger partial charge in [0, 0.05) is 29.4 Å². The molecule has 6 nitrogen and oxygen atoms in total. The minimum atomic E-state index is -0.528. The van der Waals surface area contributed by atoms with Gasteiger partial charge in [0.1, 0.15) is 22.4 Å². The van der Waals surface area contributed by atoms with Crippen molar-refractivity contribution in [3.05, 3.63) is 75.9 Å². The first-order valence-electron chi connectivity index (χ1n) is 9.99. The molecule has 3 aromatic heterocycles. The number of carbonyl (C=O) groups is 1. The maximum Gasteiger partial charge on any atom is 0.262 e. The molecule has 4 aromatic rings. The third kappa shape index (κ3) is 4.44. The highest BCUT2D eigenvalue weighted by Gasteiger charge is 2.21. The summed E-state index contributed by atoms with van der Waals surface area (Å²) in [4.78, 5) is 17.7. The highest BCUT2D eigenvalue weighted by Crippen LogP contribution is 2.39. The lowest BCUT2D eigenvalue weighted by Gasteiger charge is -2.17. The Morgan fingerprint density at radius 2 is 2.16 bits per heavy atom. The SMILES string of the molecule is CCNCc1ccc(C(C)Oc2cc(-c3cnc4ccccn34)sc2C(N)=O)c(Cl)c1. The van der Waals surface area contributed by atoms with Crippen LogP contribution in [-0.2, 0) is 6.54 Å². The van der Waals surface area contributed by atoms with Crippen LogP contribution in [0.5, 0.6) is 5.75 Å². The number of thiophene rings is 1. The number of aromatic nitrogens is 2. The number of benzene rings is 1. The number of pyridine rings is 1. The van der Waals surface area contributed by atoms with Crippen molar-refractivity contribution in [2.75, 3.05) is 6.54 Å². The van der Waals surface area contributed by atoms with E-state index >= 15 is 0 Å². The van der Waals surface area contributed by atoms with Gasteiger partial charge in [-0.1, -0.05) is 36.7 Å². The number of carbonyl (C=O) groups excluding carboxylic acids is 1. The van der Waals surface area contributed by atoms with Crippen molar-refractivity contribution in [2.45, 2.75) is 26.5 Å². The predicted molar refractivity (Wildman–Crippen MR) is 125 cm³/mol. The molecule has 0 saturated heterocycles. The van der Waals surface area contributed by atoms with E-state index in [0.717, 1.165) is 40.4 Å². The molecule has 160 valence electrons. The van der Waals surface area contributed by atoms with Crippen LogP contribution in [0.4, 0.5) is 0 Å². The number of nitrogens with two attached hydrogens (primary N) is 1. The Bertz CT molecular complexity index is 1230. The average Bonchev–Trinajstić information content (AvgIpc) is 3.36. The first kappa shape index (κ1) is 21.4. The van der Waals surface area contributed by atoms with E-state index in [1.54, 1.807) is 6.20 Å². The molecule has 0 aliphatic rings. The second-order valence-electron chi connectivity index (χ2n) is 7.14. The van der Waals surface area contributed by atoms with E-state index in [4.69, 9.17) is 22.1 Å². The van der Waals surface area contributed by atoms with E-state index < -0.39 is 5.91 Å². The number of hydrogen-bond acceptors (Lipinski definition) is 5. The zero-order valence-corrected chi connectivity index (χ0v) is 18.8. The summed E-state index contributed by atoms with van der Waals surface area (Å²) in [6.45, 7) is 5.61. The molecule has 4 rings (SSSR count). The van der Waals surface area contributed by atoms with Crippen LogP contribution in [0, 0.1) is 0 Å². The molecule has 31 heavy (non-hydrogen) atoms. The monoisotopic (exact) mass is 454 g/mol. The fourth-order valence-electron chi connectivity index (χ4n) is 3.41. The van der Waals surface area contributed by atoms with Gasteiger partial charge in [-0.15, -0.1) is 11.3 Å². The van der Waals surface area contributed by atoms with Gasteiger partial charge in [-0.3, -0.25) is 9.20 Å². The Labute approximate surface area is 189 Å². The van der Waals surface area contributed by atoms with Crippen LogP contribution in [0.1, 0.15) is 40.8 Å². The summed E-state index contributed by atoms with van der Waals surface area (Å²) in [7, 11) is 0. The number of primary amides is 1. The quantitative estimate of drug-likeness (QED) is 0.389. The molecular weight excluding hydrogens is 432 g/mol. The Hall–Kier alpha value is -2.87. The van der Waals surface area contributed by atoms with Crippen molar-refractivity contribution in [3.8, 4) is 16.3 Å². The lowest BCUT2D eigenvalue weighted by molar-refractivity contribution is 0.0998. The Morgan fingerprint density at radius 1 is 1.32 bits per heavy atom. The van der Waals surface area contributed by atoms with Gasteiger partial charge in [0.25, 0.3) is 5.91 Å². The van der Waals surface area contributed by atoms with E-state index in [1.807, 2.05) is 60.0 Å². The van der Waals surface area contributed by atoms with Crippen LogP contribution >= 0.6 is 22.9 Å². The van der Waals surface area contributed by atoms with E-state index in [0.29, 0.717) is 15.6 Å². The zero-order chi connectivity index (χ0) is 22.0. The number of hydrogen-bond donors (Lipinski definition) is 2. The Balaban J connectivity index is 1.63. The van der Waals surface area contributed by atoms with E-state index in [2.05, 4.69) is 17.2 Å². The number of nitrogens with zero attached hydrogens (tertiary/aromatic N) is 2. The van der Waals surface area contributed by atoms with Gasteiger partial charge in [0.2, 0.25) is 0 Å². The Kier molecular flexibility index (Phi) is 6.27. The smallest absolute Gasteiger partial charge is 0.262 e. The number of halogens is 1. The summed E-state index contributed by atoms with van der Waals surface area (Å²) in [5.41, 5.74) is 9.29. The van der Waals surface area contributed by atoms with Gasteiger partial charge in [0.15, 0.2) is 0 Å². The van der Waals surface area contributed by atoms with Crippen molar-refractivity contribution in [2.24, 2.45) is 5.73 Å². The molecule has 3 N–H and O–H groups in total. The van der Waals surface area contributed by atoms with Crippen molar-refractivity contribution < 1.29 is 9.53 Å². The maximum atomic E-state index is 12.1. The lowest BCUT2D eigenvalue weighted by Crippen LogP contribution is -2.13. The molecule has 0 bridgehead atoms. The van der Waals surface area contributed by atoms with Gasteiger partial charge < -0.3 is 15.8 Å². The van der Waals surface area contributed by atoms with Crippen LogP contribution in [-0.4, -0.2) is 21.8 Å². The van der Waals surface area contributed by atoms with Crippen molar-refractivity contribution >= 4 is 34.5 Å². The summed E-state index contributed by atoms with van der Waals surface area (Å²) in [5, 5.41) is 3.91. The lowest BCUT2D eigenvalue weighted by atomic mass is 10.1. The summed E-state index contributed by atoms with van der Waals surface area (Å²) in [5.74, 6) is -0.0852. The van der Waals surface area contributed by atoms with Gasteiger partial charge in [-0.05, 0) is 37.2 Å². The molecule has 3 heterocycles. The normalized spacial score (nSPS) is 12.2. The van der Waals surface area contributed by atoms with Gasteiger partial charge in [-0.25, -0.2) is 4.98 Å². The molecule has 0 radical (unpaired) electrons. The largest absolute Gasteiger partial charge is 0.484 e. The summed E-state index contributed by atoms with van der Waals surface area (Å²) >= 11 is 7.81. The number of fused-ring (bicyclic) bond motifs is 1. The summed E-state index contributed by atoms with van der Waals surface area (Å²) < 4.78 is 8.13. The molecule has 1 unspecified atom stereocenters. The third-order valence-corrected chi connectivity index (χ3v) is 6.46. The molecule has 1 aromatic carbocycles. The molecule has 0 spiro atoms. The van der Waals surface area contributed by atoms with Crippen molar-refractivity contribution in [1.82, 2.24) is 14.7 Å². The molecule has 0 saturated carbocycles. The Morgan fingerprint density at radius 3 is 2.90 bits per heavy atom. The van der Waals surface area contributed by atoms with Crippen LogP contribution in [0.25, 0.3) is 16.2 Å². The van der Waals surface area contributed by atoms with Crippen LogP contribution in [0.15, 0.2) is 54.9 Å². The fraction of sp³-hybridized carbons (Fsp3) is 0.217. The maximum absolute atomic E-state index is 12.1. The number of imidazole rings is 1. The second kappa shape index (κ2) is 9.09. The standard InChI is InChI=1S/C23H23ClN4O2S/c1-3-26-12-15-7-8-16(17(24)10-15)14(2)30-19-11-20(31-22(19)23(25)29)18-13-27-21-6-4-5-9-28(18)21/h4-11,13-14,26H,3,12H2,1-2H3,(H2,25,29). The molecule has 8 heteroatoms. The highest BCUT2D eigenvalue weighted by molar-refractivity contribution is 7.17. The topological polar surface area (TPSA) is 81.7 Å². The van der Waals surface area contributed by atoms with Crippen molar-refractivity contribution in [1.29, 1.82) is 0 Å². The minimum absolute atomic E-state index is 0.358. The zero-order valence-electron chi connectivity index (χ0n) is 17.3. The molecular formula is C23H23ClN4O2S. The van der Waals surface area contributed by atoms with Gasteiger partial charge in [0.05, 0.1) is 16.8 Å². The third-order valence-electron chi connectivity index (χ3n) is 4.98. The van der Waals surface area contributed by atoms with E-state index in [-0.39, 0.29) is 6.10 Å². The first-order chi connectivity index (χ1) is 15.0. The van der Waals surface area contributed by atoms with Crippen LogP contribution in [0.3, 0.4) is 0 Å². The fourth-order valence-corrected chi connectivity index (χ4v) is 4.71. The van der Waals surface area contributed by atoms with E-state index in [9.17, 15) is 4.79 Å². The highest BCUT2D eigenvalue weighted by atomic mass is 35.5. The number of rotatable bonds is 8. The number of nitrogens with one attached hydrogen (secondary N) is 1. The molecule has 1 amide bonds. The van der Waals surface area contributed by atoms with Crippen LogP contribution in [0.2, 0.25) is 5.02 Å². The average molecular weight is 455 g/mol. The number of amides is 1.